The van der Waals surface area contributed by atoms with E-state index in [1.807, 2.05) is 0 Å². The highest BCUT2D eigenvalue weighted by Crippen LogP contribution is 2.35. The minimum atomic E-state index is -0.268. The Morgan fingerprint density at radius 3 is 2.61 bits per heavy atom. The Balaban J connectivity index is 1.81. The van der Waals surface area contributed by atoms with Crippen molar-refractivity contribution in [3.05, 3.63) is 48.2 Å². The quantitative estimate of drug-likeness (QED) is 0.775. The van der Waals surface area contributed by atoms with E-state index in [2.05, 4.69) is 15.0 Å². The summed E-state index contributed by atoms with van der Waals surface area (Å²) < 4.78 is 13.2. The van der Waals surface area contributed by atoms with E-state index in [0.717, 1.165) is 29.2 Å². The Bertz CT molecular complexity index is 836. The number of benzene rings is 1. The van der Waals surface area contributed by atoms with Crippen molar-refractivity contribution in [2.45, 2.75) is 19.3 Å². The SMILES string of the molecule is Nc1nccc(-c2[nH]c(CC3CC3)nc2-c2ccc(F)cc2)n1. The maximum Gasteiger partial charge on any atom is 0.220 e. The summed E-state index contributed by atoms with van der Waals surface area (Å²) in [4.78, 5) is 16.3. The van der Waals surface area contributed by atoms with Crippen molar-refractivity contribution in [2.24, 2.45) is 5.92 Å². The number of rotatable bonds is 4. The van der Waals surface area contributed by atoms with Gasteiger partial charge in [-0.3, -0.25) is 0 Å². The number of anilines is 1. The number of hydrogen-bond acceptors (Lipinski definition) is 4. The third kappa shape index (κ3) is 2.92. The van der Waals surface area contributed by atoms with E-state index in [4.69, 9.17) is 10.7 Å². The van der Waals surface area contributed by atoms with Crippen molar-refractivity contribution in [1.29, 1.82) is 0 Å². The number of nitrogens with zero attached hydrogens (tertiary/aromatic N) is 3. The Kier molecular flexibility index (Phi) is 3.29. The lowest BCUT2D eigenvalue weighted by Crippen LogP contribution is -1.96. The number of H-pyrrole nitrogens is 1. The van der Waals surface area contributed by atoms with E-state index in [0.29, 0.717) is 11.6 Å². The van der Waals surface area contributed by atoms with Crippen LogP contribution in [0.3, 0.4) is 0 Å². The summed E-state index contributed by atoms with van der Waals surface area (Å²) in [7, 11) is 0. The third-order valence-corrected chi connectivity index (χ3v) is 3.98. The van der Waals surface area contributed by atoms with Crippen LogP contribution in [0.15, 0.2) is 36.5 Å². The zero-order chi connectivity index (χ0) is 15.8. The van der Waals surface area contributed by atoms with Crippen LogP contribution in [0.5, 0.6) is 0 Å². The number of halogens is 1. The summed E-state index contributed by atoms with van der Waals surface area (Å²) >= 11 is 0. The molecule has 0 unspecified atom stereocenters. The maximum absolute atomic E-state index is 13.2. The number of nitrogens with two attached hydrogens (primary N) is 1. The highest BCUT2D eigenvalue weighted by atomic mass is 19.1. The molecule has 0 aliphatic heterocycles. The molecule has 0 spiro atoms. The van der Waals surface area contributed by atoms with Crippen LogP contribution in [-0.4, -0.2) is 19.9 Å². The lowest BCUT2D eigenvalue weighted by molar-refractivity contribution is 0.628. The Labute approximate surface area is 132 Å². The number of nitrogen functional groups attached to an aromatic ring is 1. The first kappa shape index (κ1) is 13.9. The number of nitrogens with one attached hydrogen (secondary N) is 1. The summed E-state index contributed by atoms with van der Waals surface area (Å²) in [5.74, 6) is 1.59. The number of aromatic nitrogens is 4. The maximum atomic E-state index is 13.2. The molecule has 0 amide bonds. The van der Waals surface area contributed by atoms with Crippen LogP contribution in [0, 0.1) is 11.7 Å². The van der Waals surface area contributed by atoms with E-state index in [1.54, 1.807) is 24.4 Å². The van der Waals surface area contributed by atoms with Crippen LogP contribution >= 0.6 is 0 Å². The molecule has 116 valence electrons. The van der Waals surface area contributed by atoms with Gasteiger partial charge < -0.3 is 10.7 Å². The fourth-order valence-corrected chi connectivity index (χ4v) is 2.63. The van der Waals surface area contributed by atoms with Gasteiger partial charge in [-0.05, 0) is 49.1 Å². The second kappa shape index (κ2) is 5.46. The van der Waals surface area contributed by atoms with Crippen LogP contribution in [0.25, 0.3) is 22.6 Å². The van der Waals surface area contributed by atoms with Crippen LogP contribution in [0.1, 0.15) is 18.7 Å². The van der Waals surface area contributed by atoms with Gasteiger partial charge in [0.2, 0.25) is 5.95 Å². The monoisotopic (exact) mass is 309 g/mol. The molecule has 1 aliphatic carbocycles. The first-order valence-corrected chi connectivity index (χ1v) is 7.63. The standard InChI is InChI=1S/C17H16FN5/c18-12-5-3-11(4-6-12)15-16(13-7-8-20-17(19)21-13)23-14(22-15)9-10-1-2-10/h3-8,10H,1-2,9H2,(H,22,23)(H2,19,20,21). The zero-order valence-electron chi connectivity index (χ0n) is 12.5. The normalized spacial score (nSPS) is 14.1. The molecule has 0 atom stereocenters. The first-order valence-electron chi connectivity index (χ1n) is 7.63. The molecule has 23 heavy (non-hydrogen) atoms. The van der Waals surface area contributed by atoms with E-state index in [9.17, 15) is 4.39 Å². The predicted molar refractivity (Wildman–Crippen MR) is 85.8 cm³/mol. The summed E-state index contributed by atoms with van der Waals surface area (Å²) in [6.07, 6.45) is 5.05. The molecule has 6 heteroatoms. The molecule has 0 saturated heterocycles. The zero-order valence-corrected chi connectivity index (χ0v) is 12.5. The fourth-order valence-electron chi connectivity index (χ4n) is 2.63. The Hall–Kier alpha value is -2.76. The molecular formula is C17H16FN5. The molecule has 1 aliphatic rings. The number of hydrogen-bond donors (Lipinski definition) is 2. The van der Waals surface area contributed by atoms with Gasteiger partial charge in [0.15, 0.2) is 0 Å². The van der Waals surface area contributed by atoms with Gasteiger partial charge in [-0.1, -0.05) is 0 Å². The highest BCUT2D eigenvalue weighted by Gasteiger charge is 2.24. The topological polar surface area (TPSA) is 80.5 Å². The summed E-state index contributed by atoms with van der Waals surface area (Å²) in [6.45, 7) is 0. The molecule has 0 bridgehead atoms. The number of imidazole rings is 1. The van der Waals surface area contributed by atoms with Crippen molar-refractivity contribution in [3.63, 3.8) is 0 Å². The van der Waals surface area contributed by atoms with Gasteiger partial charge in [-0.25, -0.2) is 19.3 Å². The molecule has 3 aromatic rings. The minimum absolute atomic E-state index is 0.214. The molecule has 3 N–H and O–H groups in total. The molecule has 1 fully saturated rings. The van der Waals surface area contributed by atoms with Crippen LogP contribution < -0.4 is 5.73 Å². The van der Waals surface area contributed by atoms with Crippen molar-refractivity contribution in [1.82, 2.24) is 19.9 Å². The molecule has 0 radical (unpaired) electrons. The van der Waals surface area contributed by atoms with Crippen molar-refractivity contribution in [2.75, 3.05) is 5.73 Å². The summed E-state index contributed by atoms with van der Waals surface area (Å²) in [5, 5.41) is 0. The van der Waals surface area contributed by atoms with Gasteiger partial charge in [0.1, 0.15) is 11.6 Å². The summed E-state index contributed by atoms with van der Waals surface area (Å²) in [5.41, 5.74) is 8.78. The van der Waals surface area contributed by atoms with Gasteiger partial charge >= 0.3 is 0 Å². The number of aromatic amines is 1. The third-order valence-electron chi connectivity index (χ3n) is 3.98. The summed E-state index contributed by atoms with van der Waals surface area (Å²) in [6, 6.07) is 8.10. The predicted octanol–water partition coefficient (Wildman–Crippen LogP) is 3.21. The molecule has 1 aromatic carbocycles. The van der Waals surface area contributed by atoms with E-state index >= 15 is 0 Å². The van der Waals surface area contributed by atoms with Crippen molar-refractivity contribution >= 4 is 5.95 Å². The second-order valence-corrected chi connectivity index (χ2v) is 5.86. The molecule has 5 nitrogen and oxygen atoms in total. The smallest absolute Gasteiger partial charge is 0.220 e. The van der Waals surface area contributed by atoms with Gasteiger partial charge in [-0.15, -0.1) is 0 Å². The molecular weight excluding hydrogens is 293 g/mol. The van der Waals surface area contributed by atoms with E-state index in [-0.39, 0.29) is 11.8 Å². The van der Waals surface area contributed by atoms with E-state index < -0.39 is 0 Å². The molecule has 1 saturated carbocycles. The molecule has 4 rings (SSSR count). The average Bonchev–Trinajstić information content (AvgIpc) is 3.25. The van der Waals surface area contributed by atoms with Crippen molar-refractivity contribution < 1.29 is 4.39 Å². The van der Waals surface area contributed by atoms with Crippen molar-refractivity contribution in [3.8, 4) is 22.6 Å². The Morgan fingerprint density at radius 1 is 1.13 bits per heavy atom. The highest BCUT2D eigenvalue weighted by molar-refractivity contribution is 5.76. The lowest BCUT2D eigenvalue weighted by atomic mass is 10.1. The average molecular weight is 309 g/mol. The minimum Gasteiger partial charge on any atom is -0.368 e. The van der Waals surface area contributed by atoms with Gasteiger partial charge in [0.05, 0.1) is 17.1 Å². The lowest BCUT2D eigenvalue weighted by Gasteiger charge is -2.03. The van der Waals surface area contributed by atoms with Gasteiger partial charge in [-0.2, -0.15) is 0 Å². The fraction of sp³-hybridized carbons (Fsp3) is 0.235. The van der Waals surface area contributed by atoms with Crippen LogP contribution in [0.4, 0.5) is 10.3 Å². The first-order chi connectivity index (χ1) is 11.2. The van der Waals surface area contributed by atoms with Crippen LogP contribution in [-0.2, 0) is 6.42 Å². The van der Waals surface area contributed by atoms with Crippen LogP contribution in [0.2, 0.25) is 0 Å². The van der Waals surface area contributed by atoms with Gasteiger partial charge in [0, 0.05) is 18.2 Å². The van der Waals surface area contributed by atoms with Gasteiger partial charge in [0.25, 0.3) is 0 Å². The Morgan fingerprint density at radius 2 is 1.91 bits per heavy atom. The molecule has 2 aromatic heterocycles. The molecule has 2 heterocycles. The van der Waals surface area contributed by atoms with E-state index in [1.165, 1.54) is 25.0 Å². The largest absolute Gasteiger partial charge is 0.368 e. The second-order valence-electron chi connectivity index (χ2n) is 5.86.